The predicted octanol–water partition coefficient (Wildman–Crippen LogP) is 4.46. The van der Waals surface area contributed by atoms with Crippen LogP contribution in [0.3, 0.4) is 0 Å². The Bertz CT molecular complexity index is 1360. The van der Waals surface area contributed by atoms with Crippen LogP contribution in [0.5, 0.6) is 11.5 Å². The molecule has 5 rings (SSSR count). The fourth-order valence-electron chi connectivity index (χ4n) is 4.33. The zero-order chi connectivity index (χ0) is 26.8. The second-order valence-electron chi connectivity index (χ2n) is 9.12. The maximum atomic E-state index is 11.9. The molecule has 1 aromatic carbocycles. The first kappa shape index (κ1) is 26.3. The largest absolute Gasteiger partial charge is 0.495 e. The summed E-state index contributed by atoms with van der Waals surface area (Å²) in [5.74, 6) is 1.60. The average Bonchev–Trinajstić information content (AvgIpc) is 3.74. The van der Waals surface area contributed by atoms with Crippen molar-refractivity contribution in [2.75, 3.05) is 38.1 Å². The highest BCUT2D eigenvalue weighted by Gasteiger charge is 2.29. The number of rotatable bonds is 9. The second kappa shape index (κ2) is 11.2. The van der Waals surface area contributed by atoms with Crippen molar-refractivity contribution in [3.05, 3.63) is 41.0 Å². The highest BCUT2D eigenvalue weighted by atomic mass is 35.5. The molecule has 12 heteroatoms. The number of methoxy groups -OCH3 is 2. The first-order valence-corrected chi connectivity index (χ1v) is 13.0. The van der Waals surface area contributed by atoms with Gasteiger partial charge in [0.15, 0.2) is 5.82 Å². The number of fused-ring (bicyclic) bond motifs is 1. The Morgan fingerprint density at radius 3 is 2.47 bits per heavy atom. The number of ether oxygens (including phenoxy) is 3. The average molecular weight is 559 g/mol. The Balaban J connectivity index is 1.54. The van der Waals surface area contributed by atoms with Crippen LogP contribution in [0.15, 0.2) is 31.0 Å². The van der Waals surface area contributed by atoms with Crippen molar-refractivity contribution < 1.29 is 19.0 Å². The highest BCUT2D eigenvalue weighted by Crippen LogP contribution is 2.46. The zero-order valence-electron chi connectivity index (χ0n) is 21.0. The van der Waals surface area contributed by atoms with Gasteiger partial charge in [0, 0.05) is 35.9 Å². The number of benzene rings is 1. The van der Waals surface area contributed by atoms with Crippen molar-refractivity contribution in [3.8, 4) is 22.8 Å². The number of aromatic nitrogens is 3. The normalized spacial score (nSPS) is 19.1. The molecule has 3 heterocycles. The van der Waals surface area contributed by atoms with Crippen LogP contribution in [-0.2, 0) is 9.53 Å². The lowest BCUT2D eigenvalue weighted by molar-refractivity contribution is -0.117. The first-order chi connectivity index (χ1) is 18.4. The molecule has 1 amide bonds. The van der Waals surface area contributed by atoms with E-state index in [1.807, 2.05) is 6.07 Å². The maximum Gasteiger partial charge on any atom is 0.243 e. The number of anilines is 2. The van der Waals surface area contributed by atoms with Crippen LogP contribution < -0.4 is 25.4 Å². The zero-order valence-corrected chi connectivity index (χ0v) is 22.5. The smallest absolute Gasteiger partial charge is 0.243 e. The molecule has 38 heavy (non-hydrogen) atoms. The van der Waals surface area contributed by atoms with Gasteiger partial charge in [0.2, 0.25) is 11.9 Å². The molecule has 0 spiro atoms. The Morgan fingerprint density at radius 2 is 1.82 bits per heavy atom. The third-order valence-electron chi connectivity index (χ3n) is 6.50. The van der Waals surface area contributed by atoms with Gasteiger partial charge in [-0.2, -0.15) is 0 Å². The number of halogens is 2. The molecule has 0 unspecified atom stereocenters. The Kier molecular flexibility index (Phi) is 7.73. The van der Waals surface area contributed by atoms with Crippen LogP contribution in [0.2, 0.25) is 10.0 Å². The fraction of sp³-hybridized carbons (Fsp3) is 0.385. The maximum absolute atomic E-state index is 11.9. The molecular formula is C26H28Cl2N6O4. The van der Waals surface area contributed by atoms with E-state index in [9.17, 15) is 4.79 Å². The number of carbonyl (C=O) groups excluding carboxylic acids is 1. The summed E-state index contributed by atoms with van der Waals surface area (Å²) in [6.07, 6.45) is 5.73. The number of nitrogens with one attached hydrogen (secondary N) is 3. The minimum absolute atomic E-state index is 0.148. The second-order valence-corrected chi connectivity index (χ2v) is 9.88. The summed E-state index contributed by atoms with van der Waals surface area (Å²) < 4.78 is 16.5. The van der Waals surface area contributed by atoms with E-state index in [-0.39, 0.29) is 18.0 Å². The van der Waals surface area contributed by atoms with Gasteiger partial charge in [-0.05, 0) is 31.4 Å². The minimum atomic E-state index is -0.234. The molecule has 2 fully saturated rings. The summed E-state index contributed by atoms with van der Waals surface area (Å²) >= 11 is 13.4. The number of amides is 1. The van der Waals surface area contributed by atoms with Crippen LogP contribution in [0.4, 0.5) is 11.8 Å². The Hall–Kier alpha value is -3.34. The summed E-state index contributed by atoms with van der Waals surface area (Å²) in [5, 5.41) is 11.1. The molecule has 1 aliphatic heterocycles. The molecule has 1 saturated heterocycles. The molecule has 3 N–H and O–H groups in total. The van der Waals surface area contributed by atoms with Gasteiger partial charge in [0.25, 0.3) is 0 Å². The van der Waals surface area contributed by atoms with Crippen LogP contribution in [-0.4, -0.2) is 66.4 Å². The van der Waals surface area contributed by atoms with Gasteiger partial charge < -0.3 is 30.2 Å². The van der Waals surface area contributed by atoms with Gasteiger partial charge in [-0.3, -0.25) is 4.79 Å². The van der Waals surface area contributed by atoms with Gasteiger partial charge in [0.05, 0.1) is 48.6 Å². The number of pyridine rings is 1. The quantitative estimate of drug-likeness (QED) is 0.327. The molecule has 2 atom stereocenters. The summed E-state index contributed by atoms with van der Waals surface area (Å²) in [6.45, 7) is 4.50. The predicted molar refractivity (Wildman–Crippen MR) is 148 cm³/mol. The molecule has 1 saturated carbocycles. The van der Waals surface area contributed by atoms with Crippen molar-refractivity contribution in [2.45, 2.75) is 37.4 Å². The van der Waals surface area contributed by atoms with Crippen LogP contribution in [0.1, 0.15) is 19.3 Å². The van der Waals surface area contributed by atoms with Crippen LogP contribution in [0, 0.1) is 0 Å². The molecule has 0 bridgehead atoms. The summed E-state index contributed by atoms with van der Waals surface area (Å²) in [5.41, 5.74) is 1.67. The third kappa shape index (κ3) is 5.43. The lowest BCUT2D eigenvalue weighted by Gasteiger charge is -2.32. The number of carbonyl (C=O) groups is 1. The van der Waals surface area contributed by atoms with Crippen molar-refractivity contribution in [2.24, 2.45) is 0 Å². The van der Waals surface area contributed by atoms with Gasteiger partial charge in [0.1, 0.15) is 17.0 Å². The van der Waals surface area contributed by atoms with Gasteiger partial charge in [-0.25, -0.2) is 15.0 Å². The lowest BCUT2D eigenvalue weighted by Crippen LogP contribution is -2.52. The van der Waals surface area contributed by atoms with E-state index in [4.69, 9.17) is 47.4 Å². The molecule has 1 aliphatic carbocycles. The molecule has 10 nitrogen and oxygen atoms in total. The molecular weight excluding hydrogens is 531 g/mol. The summed E-state index contributed by atoms with van der Waals surface area (Å²) in [6, 6.07) is 3.42. The van der Waals surface area contributed by atoms with Gasteiger partial charge in [-0.1, -0.05) is 29.8 Å². The minimum Gasteiger partial charge on any atom is -0.495 e. The topological polar surface area (TPSA) is 120 Å². The van der Waals surface area contributed by atoms with Crippen molar-refractivity contribution in [3.63, 3.8) is 0 Å². The Labute approximate surface area is 230 Å². The van der Waals surface area contributed by atoms with Crippen LogP contribution >= 0.6 is 23.2 Å². The monoisotopic (exact) mass is 558 g/mol. The van der Waals surface area contributed by atoms with E-state index in [1.165, 1.54) is 20.3 Å². The summed E-state index contributed by atoms with van der Waals surface area (Å²) in [4.78, 5) is 26.1. The fourth-order valence-corrected chi connectivity index (χ4v) is 5.02. The van der Waals surface area contributed by atoms with Gasteiger partial charge in [-0.15, -0.1) is 0 Å². The highest BCUT2D eigenvalue weighted by molar-refractivity contribution is 6.41. The molecule has 200 valence electrons. The van der Waals surface area contributed by atoms with E-state index >= 15 is 0 Å². The molecule has 0 radical (unpaired) electrons. The Morgan fingerprint density at radius 1 is 1.08 bits per heavy atom. The van der Waals surface area contributed by atoms with Crippen molar-refractivity contribution in [1.29, 1.82) is 0 Å². The molecule has 3 aromatic rings. The number of nitrogens with zero attached hydrogens (tertiary/aromatic N) is 3. The van der Waals surface area contributed by atoms with E-state index < -0.39 is 0 Å². The summed E-state index contributed by atoms with van der Waals surface area (Å²) in [7, 11) is 3.05. The molecule has 2 aromatic heterocycles. The van der Waals surface area contributed by atoms with Crippen LogP contribution in [0.25, 0.3) is 22.2 Å². The SMILES string of the molecule is C=CC(=O)N[C@H]1CCOC[C@H]1Nc1ncc2cc(-c3c(Cl)c(OC)cc(OC)c3Cl)nc(NC3CC3)c2n1. The number of hydrogen-bond acceptors (Lipinski definition) is 9. The number of hydrogen-bond donors (Lipinski definition) is 3. The van der Waals surface area contributed by atoms with Gasteiger partial charge >= 0.3 is 0 Å². The third-order valence-corrected chi connectivity index (χ3v) is 7.25. The van der Waals surface area contributed by atoms with E-state index in [0.29, 0.717) is 75.8 Å². The first-order valence-electron chi connectivity index (χ1n) is 12.2. The van der Waals surface area contributed by atoms with E-state index in [0.717, 1.165) is 18.2 Å². The standard InChI is InChI=1S/C26H28Cl2N6O4/c1-4-20(35)31-15-7-8-38-12-17(15)33-26-29-11-13-9-16(32-25(24(13)34-26)30-14-5-6-14)21-22(27)18(36-2)10-19(37-3)23(21)28/h4,9-11,14-15,17H,1,5-8,12H2,2-3H3,(H,30,32)(H,31,35)(H,29,33,34)/t15-,17+/m0/s1. The van der Waals surface area contributed by atoms with E-state index in [2.05, 4.69) is 27.5 Å². The molecule has 2 aliphatic rings. The van der Waals surface area contributed by atoms with Crippen molar-refractivity contribution in [1.82, 2.24) is 20.3 Å². The lowest BCUT2D eigenvalue weighted by atomic mass is 10.0. The van der Waals surface area contributed by atoms with Crippen molar-refractivity contribution >= 4 is 51.8 Å². The van der Waals surface area contributed by atoms with E-state index in [1.54, 1.807) is 12.3 Å².